The molecule has 2 aromatic heterocycles. The van der Waals surface area contributed by atoms with Crippen molar-refractivity contribution >= 4 is 30.4 Å². The number of imidazole rings is 2. The normalized spacial score (nSPS) is 11.8. The predicted molar refractivity (Wildman–Crippen MR) is 110 cm³/mol. The molecule has 0 aliphatic rings. The fraction of sp³-hybridized carbons (Fsp3) is 0.625. The third-order valence-corrected chi connectivity index (χ3v) is 6.97. The molecule has 0 atom stereocenters. The summed E-state index contributed by atoms with van der Waals surface area (Å²) < 4.78 is 86.3. The smallest absolute Gasteiger partial charge is 0.304 e. The highest BCUT2D eigenvalue weighted by Gasteiger charge is 2.18. The van der Waals surface area contributed by atoms with E-state index >= 15 is 0 Å². The Kier molecular flexibility index (Phi) is 12.1. The number of nitrogens with zero attached hydrogens (tertiary/aromatic N) is 4. The molecule has 31 heavy (non-hydrogen) atoms. The van der Waals surface area contributed by atoms with E-state index in [4.69, 9.17) is 17.5 Å². The highest BCUT2D eigenvalue weighted by atomic mass is 32.3. The lowest BCUT2D eigenvalue weighted by Crippen LogP contribution is -2.25. The van der Waals surface area contributed by atoms with E-state index in [1.54, 1.807) is 60.7 Å². The van der Waals surface area contributed by atoms with Gasteiger partial charge in [0.1, 0.15) is 24.8 Å². The van der Waals surface area contributed by atoms with Crippen LogP contribution >= 0.6 is 0 Å². The van der Waals surface area contributed by atoms with Gasteiger partial charge in [0.2, 0.25) is 0 Å². The van der Waals surface area contributed by atoms with Crippen LogP contribution in [0.3, 0.4) is 0 Å². The number of aryl methyl sites for hydroxylation is 2. The van der Waals surface area contributed by atoms with Crippen molar-refractivity contribution in [3.05, 3.63) is 37.4 Å². The fourth-order valence-corrected chi connectivity index (χ4v) is 4.84. The van der Waals surface area contributed by atoms with Crippen LogP contribution in [0.1, 0.15) is 39.5 Å². The van der Waals surface area contributed by atoms with Gasteiger partial charge in [0.25, 0.3) is 12.7 Å². The number of aromatic nitrogens is 4. The van der Waals surface area contributed by atoms with Crippen LogP contribution in [0, 0.1) is 0 Å². The van der Waals surface area contributed by atoms with E-state index in [0.717, 1.165) is 12.8 Å². The maximum absolute atomic E-state index is 11.6. The largest absolute Gasteiger partial charge is 0.759 e. The predicted octanol–water partition coefficient (Wildman–Crippen LogP) is -0.757. The van der Waals surface area contributed by atoms with E-state index in [2.05, 4.69) is 0 Å². The molecule has 0 spiro atoms. The molecule has 12 nitrogen and oxygen atoms in total. The lowest BCUT2D eigenvalue weighted by Gasteiger charge is -2.06. The summed E-state index contributed by atoms with van der Waals surface area (Å²) in [4.78, 5) is 0. The number of hydrogen-bond donors (Lipinski definition) is 0. The van der Waals surface area contributed by atoms with E-state index in [1.165, 1.54) is 7.94 Å². The van der Waals surface area contributed by atoms with Gasteiger partial charge in [-0.25, -0.2) is 9.13 Å². The molecule has 2 rings (SSSR count). The van der Waals surface area contributed by atoms with Crippen LogP contribution in [0.4, 0.5) is 0 Å². The Balaban J connectivity index is 0.000000479. The summed E-state index contributed by atoms with van der Waals surface area (Å²) in [6, 6.07) is 0. The molecule has 2 aromatic rings. The van der Waals surface area contributed by atoms with Gasteiger partial charge >= 0.3 is 20.0 Å². The Bertz CT molecular complexity index is 1020. The minimum atomic E-state index is -5.17. The van der Waals surface area contributed by atoms with Crippen molar-refractivity contribution < 1.29 is 43.5 Å². The Morgan fingerprint density at radius 3 is 1.19 bits per heavy atom. The second kappa shape index (κ2) is 12.9. The summed E-state index contributed by atoms with van der Waals surface area (Å²) in [6.07, 6.45) is 12.9. The third kappa shape index (κ3) is 13.3. The summed E-state index contributed by atoms with van der Waals surface area (Å²) in [6.45, 7) is 3.95. The second-order valence-electron chi connectivity index (χ2n) is 6.57. The first-order chi connectivity index (χ1) is 14.1. The lowest BCUT2D eigenvalue weighted by atomic mass is 10.4. The summed E-state index contributed by atoms with van der Waals surface area (Å²) in [5.41, 5.74) is 0. The van der Waals surface area contributed by atoms with Gasteiger partial charge in [0, 0.05) is 10.4 Å². The molecule has 180 valence electrons. The van der Waals surface area contributed by atoms with Gasteiger partial charge in [-0.15, -0.1) is 7.94 Å². The van der Waals surface area contributed by atoms with Crippen molar-refractivity contribution in [3.63, 3.8) is 0 Å². The first-order valence-electron chi connectivity index (χ1n) is 9.32. The summed E-state index contributed by atoms with van der Waals surface area (Å²) in [5.74, 6) is 0.441. The summed E-state index contributed by atoms with van der Waals surface area (Å²) in [7, 11) is -7.78. The Labute approximate surface area is 184 Å². The van der Waals surface area contributed by atoms with Crippen LogP contribution < -0.4 is 9.13 Å². The number of unbranched alkanes of at least 4 members (excludes halogenated alkanes) is 2. The zero-order valence-electron chi connectivity index (χ0n) is 18.0. The molecule has 0 aliphatic heterocycles. The molecule has 2 heterocycles. The highest BCUT2D eigenvalue weighted by Crippen LogP contribution is 2.00. The van der Waals surface area contributed by atoms with Crippen molar-refractivity contribution in [2.75, 3.05) is 11.5 Å². The SMILES string of the molecule is CCCCS(=O)(=O)n1cc[n+](C)c1.CCCCS(=O)(=O)n1cc[n+](C)c1.O=S(=O)([O-])[O-]. The van der Waals surface area contributed by atoms with E-state index in [0.29, 0.717) is 12.8 Å². The molecular formula is C16H30N4O8S3. The quantitative estimate of drug-likeness (QED) is 0.258. The monoisotopic (exact) mass is 502 g/mol. The van der Waals surface area contributed by atoms with Gasteiger partial charge in [-0.1, -0.05) is 26.7 Å². The zero-order chi connectivity index (χ0) is 24.3. The second-order valence-corrected chi connectivity index (χ2v) is 11.4. The van der Waals surface area contributed by atoms with Crippen LogP contribution in [0.25, 0.3) is 0 Å². The highest BCUT2D eigenvalue weighted by molar-refractivity contribution is 7.90. The standard InChI is InChI=1S/2C8H15N2O2S.H2O4S/c2*1-3-4-7-13(11,12)10-6-5-9(2)8-10;1-5(2,3)4/h2*5-6,8H,3-4,7H2,1-2H3;(H2,1,2,3,4)/q2*+1;/p-2. The number of hydrogen-bond acceptors (Lipinski definition) is 8. The molecule has 0 aromatic carbocycles. The molecule has 0 amide bonds. The molecule has 0 saturated heterocycles. The van der Waals surface area contributed by atoms with Gasteiger partial charge in [-0.2, -0.15) is 16.8 Å². The average Bonchev–Trinajstić information content (AvgIpc) is 3.27. The average molecular weight is 503 g/mol. The first-order valence-corrected chi connectivity index (χ1v) is 13.9. The van der Waals surface area contributed by atoms with Gasteiger partial charge in [0.15, 0.2) is 0 Å². The van der Waals surface area contributed by atoms with Crippen molar-refractivity contribution in [2.45, 2.75) is 39.5 Å². The van der Waals surface area contributed by atoms with Crippen molar-refractivity contribution in [2.24, 2.45) is 14.1 Å². The van der Waals surface area contributed by atoms with E-state index in [9.17, 15) is 16.8 Å². The van der Waals surface area contributed by atoms with E-state index in [-0.39, 0.29) is 11.5 Å². The molecule has 0 aliphatic carbocycles. The molecule has 0 unspecified atom stereocenters. The fourth-order valence-electron chi connectivity index (χ4n) is 2.05. The molecule has 15 heteroatoms. The van der Waals surface area contributed by atoms with Crippen LogP contribution in [-0.4, -0.2) is 53.8 Å². The molecule has 0 radical (unpaired) electrons. The topological polar surface area (TPSA) is 166 Å². The summed E-state index contributed by atoms with van der Waals surface area (Å²) in [5, 5.41) is 0. The minimum Gasteiger partial charge on any atom is -0.759 e. The van der Waals surface area contributed by atoms with Crippen LogP contribution in [0.5, 0.6) is 0 Å². The minimum absolute atomic E-state index is 0.220. The van der Waals surface area contributed by atoms with Gasteiger partial charge in [-0.3, -0.25) is 8.42 Å². The Morgan fingerprint density at radius 2 is 1.00 bits per heavy atom. The Morgan fingerprint density at radius 1 is 0.710 bits per heavy atom. The lowest BCUT2D eigenvalue weighted by molar-refractivity contribution is -0.670. The molecule has 0 saturated carbocycles. The van der Waals surface area contributed by atoms with Crippen molar-refractivity contribution in [1.82, 2.24) is 7.94 Å². The van der Waals surface area contributed by atoms with Gasteiger partial charge < -0.3 is 9.11 Å². The van der Waals surface area contributed by atoms with Crippen LogP contribution in [-0.2, 0) is 44.5 Å². The zero-order valence-corrected chi connectivity index (χ0v) is 20.4. The van der Waals surface area contributed by atoms with Crippen molar-refractivity contribution in [1.29, 1.82) is 0 Å². The maximum Gasteiger partial charge on any atom is 0.304 e. The molecule has 0 bridgehead atoms. The van der Waals surface area contributed by atoms with E-state index in [1.807, 2.05) is 13.8 Å². The Hall–Kier alpha value is -1.81. The maximum atomic E-state index is 11.6. The van der Waals surface area contributed by atoms with E-state index < -0.39 is 30.4 Å². The van der Waals surface area contributed by atoms with Crippen LogP contribution in [0.2, 0.25) is 0 Å². The first kappa shape index (κ1) is 29.2. The van der Waals surface area contributed by atoms with Crippen molar-refractivity contribution in [3.8, 4) is 0 Å². The van der Waals surface area contributed by atoms with Crippen LogP contribution in [0.15, 0.2) is 37.4 Å². The number of rotatable bonds is 8. The third-order valence-electron chi connectivity index (χ3n) is 3.64. The summed E-state index contributed by atoms with van der Waals surface area (Å²) >= 11 is 0. The molecule has 0 N–H and O–H groups in total. The molecular weight excluding hydrogens is 472 g/mol. The molecule has 0 fully saturated rings. The van der Waals surface area contributed by atoms with Gasteiger partial charge in [-0.05, 0) is 12.8 Å². The van der Waals surface area contributed by atoms with Gasteiger partial charge in [0.05, 0.1) is 25.6 Å².